The zero-order chi connectivity index (χ0) is 12.6. The van der Waals surface area contributed by atoms with E-state index < -0.39 is 0 Å². The molecule has 0 fully saturated rings. The van der Waals surface area contributed by atoms with Crippen molar-refractivity contribution in [1.29, 1.82) is 0 Å². The number of thiol groups is 1. The van der Waals surface area contributed by atoms with Crippen molar-refractivity contribution in [1.82, 2.24) is 4.90 Å². The van der Waals surface area contributed by atoms with E-state index in [9.17, 15) is 9.90 Å². The van der Waals surface area contributed by atoms with Crippen molar-refractivity contribution in [2.24, 2.45) is 5.92 Å². The number of carbonyl (C=O) groups is 1. The van der Waals surface area contributed by atoms with Crippen LogP contribution in [-0.4, -0.2) is 40.9 Å². The molecule has 0 aromatic heterocycles. The fourth-order valence-corrected chi connectivity index (χ4v) is 1.92. The third-order valence-corrected chi connectivity index (χ3v) is 2.48. The maximum Gasteiger partial charge on any atom is 0.185 e. The number of carbonyl (C=O) groups excluding carboxylic acids is 1. The van der Waals surface area contributed by atoms with E-state index in [4.69, 9.17) is 0 Å². The molecule has 16 heavy (non-hydrogen) atoms. The van der Waals surface area contributed by atoms with E-state index in [2.05, 4.69) is 31.4 Å². The number of aliphatic hydroxyl groups excluding tert-OH is 1. The van der Waals surface area contributed by atoms with Gasteiger partial charge in [0, 0.05) is 19.5 Å². The molecule has 0 spiro atoms. The Morgan fingerprint density at radius 2 is 1.88 bits per heavy atom. The van der Waals surface area contributed by atoms with Crippen LogP contribution in [0.3, 0.4) is 0 Å². The van der Waals surface area contributed by atoms with Gasteiger partial charge in [-0.1, -0.05) is 13.8 Å². The first-order valence-electron chi connectivity index (χ1n) is 6.04. The molecule has 0 aliphatic rings. The monoisotopic (exact) mass is 247 g/mol. The fourth-order valence-electron chi connectivity index (χ4n) is 1.76. The van der Waals surface area contributed by atoms with Crippen LogP contribution in [-0.2, 0) is 4.79 Å². The second-order valence-corrected chi connectivity index (χ2v) is 5.35. The Kier molecular flexibility index (Phi) is 8.99. The molecular weight excluding hydrogens is 222 g/mol. The molecule has 0 saturated heterocycles. The maximum absolute atomic E-state index is 10.7. The number of aliphatic hydroxyl groups is 1. The molecule has 1 N–H and O–H groups in total. The first-order valence-corrected chi connectivity index (χ1v) is 6.48. The van der Waals surface area contributed by atoms with Gasteiger partial charge in [0.25, 0.3) is 0 Å². The summed E-state index contributed by atoms with van der Waals surface area (Å²) in [6, 6.07) is 0. The maximum atomic E-state index is 10.7. The summed E-state index contributed by atoms with van der Waals surface area (Å²) in [5.74, 6) is 0.602. The van der Waals surface area contributed by atoms with Crippen LogP contribution in [0.1, 0.15) is 40.0 Å². The molecule has 4 heteroatoms. The predicted molar refractivity (Wildman–Crippen MR) is 70.8 cm³/mol. The average Bonchev–Trinajstić information content (AvgIpc) is 2.09. The minimum Gasteiger partial charge on any atom is -0.392 e. The Morgan fingerprint density at radius 1 is 1.25 bits per heavy atom. The highest BCUT2D eigenvalue weighted by Crippen LogP contribution is 2.05. The van der Waals surface area contributed by atoms with Crippen molar-refractivity contribution in [2.75, 3.05) is 19.6 Å². The Bertz CT molecular complexity index is 185. The summed E-state index contributed by atoms with van der Waals surface area (Å²) in [6.45, 7) is 8.82. The van der Waals surface area contributed by atoms with Gasteiger partial charge in [-0.3, -0.25) is 4.79 Å². The Balaban J connectivity index is 3.77. The number of rotatable bonds is 9. The SMILES string of the molecule is CC(C)CN(CCCCC(=O)S)CC(C)O. The Hall–Kier alpha value is -0.0600. The summed E-state index contributed by atoms with van der Waals surface area (Å²) in [5.41, 5.74) is 0. The molecule has 0 aromatic rings. The molecule has 1 atom stereocenters. The van der Waals surface area contributed by atoms with E-state index in [0.717, 1.165) is 25.9 Å². The predicted octanol–water partition coefficient (Wildman–Crippen LogP) is 1.95. The van der Waals surface area contributed by atoms with Gasteiger partial charge < -0.3 is 10.0 Å². The van der Waals surface area contributed by atoms with Crippen molar-refractivity contribution in [3.8, 4) is 0 Å². The fraction of sp³-hybridized carbons (Fsp3) is 0.917. The first-order chi connectivity index (χ1) is 7.41. The molecule has 96 valence electrons. The largest absolute Gasteiger partial charge is 0.392 e. The first kappa shape index (κ1) is 15.9. The molecule has 0 aliphatic carbocycles. The highest BCUT2D eigenvalue weighted by Gasteiger charge is 2.09. The molecule has 0 bridgehead atoms. The molecule has 0 radical (unpaired) electrons. The summed E-state index contributed by atoms with van der Waals surface area (Å²) in [6.07, 6.45) is 2.14. The molecule has 1 unspecified atom stereocenters. The van der Waals surface area contributed by atoms with E-state index in [0.29, 0.717) is 18.9 Å². The highest BCUT2D eigenvalue weighted by molar-refractivity contribution is 7.96. The highest BCUT2D eigenvalue weighted by atomic mass is 32.1. The van der Waals surface area contributed by atoms with Crippen molar-refractivity contribution in [2.45, 2.75) is 46.1 Å². The van der Waals surface area contributed by atoms with E-state index in [1.54, 1.807) is 0 Å². The smallest absolute Gasteiger partial charge is 0.185 e. The van der Waals surface area contributed by atoms with Crippen molar-refractivity contribution in [3.05, 3.63) is 0 Å². The van der Waals surface area contributed by atoms with Gasteiger partial charge in [0.05, 0.1) is 6.10 Å². The molecular formula is C12H25NO2S. The van der Waals surface area contributed by atoms with Crippen LogP contribution in [0.5, 0.6) is 0 Å². The van der Waals surface area contributed by atoms with Crippen LogP contribution in [0, 0.1) is 5.92 Å². The summed E-state index contributed by atoms with van der Waals surface area (Å²) in [4.78, 5) is 12.9. The van der Waals surface area contributed by atoms with Crippen LogP contribution in [0.2, 0.25) is 0 Å². The molecule has 0 aromatic carbocycles. The second kappa shape index (κ2) is 9.02. The quantitative estimate of drug-likeness (QED) is 0.483. The zero-order valence-corrected chi connectivity index (χ0v) is 11.5. The lowest BCUT2D eigenvalue weighted by Crippen LogP contribution is -2.34. The standard InChI is InChI=1S/C12H25NO2S/c1-10(2)8-13(9-11(3)14)7-5-4-6-12(15)16/h10-11,14H,4-9H2,1-3H3,(H,15,16). The molecule has 0 heterocycles. The lowest BCUT2D eigenvalue weighted by molar-refractivity contribution is -0.110. The van der Waals surface area contributed by atoms with Gasteiger partial charge in [-0.05, 0) is 32.2 Å². The van der Waals surface area contributed by atoms with E-state index in [1.807, 2.05) is 6.92 Å². The van der Waals surface area contributed by atoms with Crippen LogP contribution >= 0.6 is 12.6 Å². The summed E-state index contributed by atoms with van der Waals surface area (Å²) < 4.78 is 0. The normalized spacial score (nSPS) is 13.4. The van der Waals surface area contributed by atoms with Crippen molar-refractivity contribution in [3.63, 3.8) is 0 Å². The number of hydrogen-bond acceptors (Lipinski definition) is 3. The van der Waals surface area contributed by atoms with Crippen LogP contribution in [0.15, 0.2) is 0 Å². The molecule has 0 rings (SSSR count). The average molecular weight is 247 g/mol. The topological polar surface area (TPSA) is 40.5 Å². The second-order valence-electron chi connectivity index (χ2n) is 4.85. The molecule has 3 nitrogen and oxygen atoms in total. The summed E-state index contributed by atoms with van der Waals surface area (Å²) in [5, 5.41) is 9.34. The minimum atomic E-state index is -0.287. The van der Waals surface area contributed by atoms with Crippen LogP contribution < -0.4 is 0 Å². The molecule has 0 amide bonds. The van der Waals surface area contributed by atoms with E-state index >= 15 is 0 Å². The zero-order valence-electron chi connectivity index (χ0n) is 10.6. The third kappa shape index (κ3) is 10.5. The van der Waals surface area contributed by atoms with Crippen molar-refractivity contribution >= 4 is 17.7 Å². The van der Waals surface area contributed by atoms with Gasteiger partial charge >= 0.3 is 0 Å². The van der Waals surface area contributed by atoms with Gasteiger partial charge in [-0.25, -0.2) is 0 Å². The summed E-state index contributed by atoms with van der Waals surface area (Å²) >= 11 is 3.74. The summed E-state index contributed by atoms with van der Waals surface area (Å²) in [7, 11) is 0. The van der Waals surface area contributed by atoms with Gasteiger partial charge in [-0.2, -0.15) is 0 Å². The van der Waals surface area contributed by atoms with Gasteiger partial charge in [0.15, 0.2) is 5.12 Å². The Labute approximate surface area is 105 Å². The lowest BCUT2D eigenvalue weighted by atomic mass is 10.1. The third-order valence-electron chi connectivity index (χ3n) is 2.26. The Morgan fingerprint density at radius 3 is 2.31 bits per heavy atom. The van der Waals surface area contributed by atoms with Crippen LogP contribution in [0.25, 0.3) is 0 Å². The van der Waals surface area contributed by atoms with Gasteiger partial charge in [0.1, 0.15) is 0 Å². The van der Waals surface area contributed by atoms with E-state index in [-0.39, 0.29) is 11.2 Å². The molecule has 0 saturated carbocycles. The van der Waals surface area contributed by atoms with Gasteiger partial charge in [-0.15, -0.1) is 12.6 Å². The van der Waals surface area contributed by atoms with E-state index in [1.165, 1.54) is 0 Å². The number of nitrogens with zero attached hydrogens (tertiary/aromatic N) is 1. The number of hydrogen-bond donors (Lipinski definition) is 2. The lowest BCUT2D eigenvalue weighted by Gasteiger charge is -2.25. The minimum absolute atomic E-state index is 0.0362. The molecule has 0 aliphatic heterocycles. The van der Waals surface area contributed by atoms with Crippen LogP contribution in [0.4, 0.5) is 0 Å². The van der Waals surface area contributed by atoms with Crippen molar-refractivity contribution < 1.29 is 9.90 Å². The van der Waals surface area contributed by atoms with Gasteiger partial charge in [0.2, 0.25) is 0 Å². The number of unbranched alkanes of at least 4 members (excludes halogenated alkanes) is 1.